The molecule has 1 aliphatic rings. The third kappa shape index (κ3) is 3.11. The van der Waals surface area contributed by atoms with Gasteiger partial charge in [0, 0.05) is 18.8 Å². The summed E-state index contributed by atoms with van der Waals surface area (Å²) in [4.78, 5) is 10.8. The van der Waals surface area contributed by atoms with Crippen molar-refractivity contribution in [2.75, 3.05) is 24.6 Å². The van der Waals surface area contributed by atoms with Crippen molar-refractivity contribution in [3.8, 4) is 0 Å². The van der Waals surface area contributed by atoms with Crippen LogP contribution in [-0.2, 0) is 4.74 Å². The molecule has 0 unspecified atom stereocenters. The summed E-state index contributed by atoms with van der Waals surface area (Å²) in [6.45, 7) is 7.96. The monoisotopic (exact) mass is 265 g/mol. The zero-order chi connectivity index (χ0) is 14.0. The predicted octanol–water partition coefficient (Wildman–Crippen LogP) is 0.495. The maximum Gasteiger partial charge on any atom is 0.226 e. The van der Waals surface area contributed by atoms with E-state index >= 15 is 0 Å². The van der Waals surface area contributed by atoms with E-state index in [2.05, 4.69) is 15.1 Å². The molecule has 0 aromatic carbocycles. The number of hydrogen-bond donors (Lipinski definition) is 2. The Hall–Kier alpha value is -1.89. The van der Waals surface area contributed by atoms with Crippen molar-refractivity contribution in [1.29, 1.82) is 0 Å². The molecule has 0 spiro atoms. The van der Waals surface area contributed by atoms with Crippen molar-refractivity contribution in [3.63, 3.8) is 0 Å². The van der Waals surface area contributed by atoms with Crippen LogP contribution in [0.5, 0.6) is 0 Å². The number of oxime groups is 1. The smallest absolute Gasteiger partial charge is 0.226 e. The second kappa shape index (κ2) is 5.00. The van der Waals surface area contributed by atoms with E-state index in [9.17, 15) is 0 Å². The van der Waals surface area contributed by atoms with Crippen LogP contribution < -0.4 is 10.6 Å². The molecule has 1 aliphatic heterocycles. The van der Waals surface area contributed by atoms with Gasteiger partial charge in [0.25, 0.3) is 0 Å². The minimum atomic E-state index is -0.234. The average molecular weight is 265 g/mol. The first-order valence-corrected chi connectivity index (χ1v) is 6.14. The van der Waals surface area contributed by atoms with Gasteiger partial charge in [0.2, 0.25) is 5.95 Å². The summed E-state index contributed by atoms with van der Waals surface area (Å²) in [6, 6.07) is 1.68. The zero-order valence-corrected chi connectivity index (χ0v) is 11.4. The van der Waals surface area contributed by atoms with Crippen molar-refractivity contribution < 1.29 is 9.94 Å². The Morgan fingerprint density at radius 2 is 2.26 bits per heavy atom. The third-order valence-electron chi connectivity index (χ3n) is 2.92. The summed E-state index contributed by atoms with van der Waals surface area (Å²) >= 11 is 0. The van der Waals surface area contributed by atoms with E-state index < -0.39 is 0 Å². The van der Waals surface area contributed by atoms with Gasteiger partial charge in [-0.2, -0.15) is 0 Å². The van der Waals surface area contributed by atoms with E-state index in [1.54, 1.807) is 6.07 Å². The van der Waals surface area contributed by atoms with Crippen LogP contribution in [0.2, 0.25) is 0 Å². The fourth-order valence-corrected chi connectivity index (χ4v) is 2.06. The summed E-state index contributed by atoms with van der Waals surface area (Å²) in [5, 5.41) is 11.7. The van der Waals surface area contributed by atoms with E-state index in [1.165, 1.54) is 0 Å². The van der Waals surface area contributed by atoms with E-state index in [0.29, 0.717) is 24.8 Å². The molecule has 0 radical (unpaired) electrons. The fourth-order valence-electron chi connectivity index (χ4n) is 2.06. The second-order valence-electron chi connectivity index (χ2n) is 5.21. The Kier molecular flexibility index (Phi) is 3.57. The molecule has 1 fully saturated rings. The van der Waals surface area contributed by atoms with Crippen LogP contribution in [-0.4, -0.2) is 46.3 Å². The molecule has 1 aromatic heterocycles. The molecular weight excluding hydrogens is 246 g/mol. The largest absolute Gasteiger partial charge is 0.409 e. The van der Waals surface area contributed by atoms with Crippen molar-refractivity contribution in [3.05, 3.63) is 17.5 Å². The number of rotatable bonds is 2. The van der Waals surface area contributed by atoms with Crippen molar-refractivity contribution in [1.82, 2.24) is 9.97 Å². The minimum absolute atomic E-state index is 0.0146. The third-order valence-corrected chi connectivity index (χ3v) is 2.92. The van der Waals surface area contributed by atoms with Crippen LogP contribution in [0.1, 0.15) is 25.2 Å². The van der Waals surface area contributed by atoms with E-state index in [1.807, 2.05) is 25.7 Å². The first kappa shape index (κ1) is 13.5. The lowest BCUT2D eigenvalue weighted by Gasteiger charge is -2.38. The lowest BCUT2D eigenvalue weighted by atomic mass is 10.1. The standard InChI is InChI=1S/C12H19N5O2/c1-8-6-9(10(13)16-18)15-11(14-8)17-4-5-19-12(2,3)7-17/h6,18H,4-5,7H2,1-3H3,(H2,13,16). The molecule has 0 atom stereocenters. The Labute approximate surface area is 112 Å². The van der Waals surface area contributed by atoms with E-state index in [4.69, 9.17) is 15.7 Å². The van der Waals surface area contributed by atoms with Gasteiger partial charge in [0.05, 0.1) is 12.2 Å². The highest BCUT2D eigenvalue weighted by atomic mass is 16.5. The molecule has 104 valence electrons. The molecule has 0 aliphatic carbocycles. The summed E-state index contributed by atoms with van der Waals surface area (Å²) in [7, 11) is 0. The van der Waals surface area contributed by atoms with Gasteiger partial charge in [0.15, 0.2) is 5.84 Å². The van der Waals surface area contributed by atoms with Gasteiger partial charge in [-0.05, 0) is 26.8 Å². The van der Waals surface area contributed by atoms with Crippen LogP contribution >= 0.6 is 0 Å². The summed E-state index contributed by atoms with van der Waals surface area (Å²) in [5.74, 6) is 0.567. The highest BCUT2D eigenvalue weighted by molar-refractivity contribution is 5.95. The summed E-state index contributed by atoms with van der Waals surface area (Å²) < 4.78 is 5.66. The molecule has 1 saturated heterocycles. The predicted molar refractivity (Wildman–Crippen MR) is 71.5 cm³/mol. The van der Waals surface area contributed by atoms with Gasteiger partial charge in [-0.3, -0.25) is 0 Å². The van der Waals surface area contributed by atoms with Gasteiger partial charge in [-0.1, -0.05) is 5.16 Å². The summed E-state index contributed by atoms with van der Waals surface area (Å²) in [6.07, 6.45) is 0. The first-order valence-electron chi connectivity index (χ1n) is 6.14. The zero-order valence-electron chi connectivity index (χ0n) is 11.4. The number of nitrogens with zero attached hydrogens (tertiary/aromatic N) is 4. The fraction of sp³-hybridized carbons (Fsp3) is 0.583. The Bertz CT molecular complexity index is 501. The van der Waals surface area contributed by atoms with Crippen LogP contribution in [0, 0.1) is 6.92 Å². The number of ether oxygens (including phenoxy) is 1. The number of anilines is 1. The van der Waals surface area contributed by atoms with Crippen LogP contribution in [0.4, 0.5) is 5.95 Å². The quantitative estimate of drug-likeness (QED) is 0.350. The highest BCUT2D eigenvalue weighted by Gasteiger charge is 2.28. The number of hydrogen-bond acceptors (Lipinski definition) is 6. The van der Waals surface area contributed by atoms with Crippen LogP contribution in [0.3, 0.4) is 0 Å². The molecule has 7 heteroatoms. The molecular formula is C12H19N5O2. The van der Waals surface area contributed by atoms with Crippen molar-refractivity contribution in [2.45, 2.75) is 26.4 Å². The van der Waals surface area contributed by atoms with Crippen LogP contribution in [0.15, 0.2) is 11.2 Å². The highest BCUT2D eigenvalue weighted by Crippen LogP contribution is 2.20. The Morgan fingerprint density at radius 1 is 1.53 bits per heavy atom. The van der Waals surface area contributed by atoms with Gasteiger partial charge >= 0.3 is 0 Å². The molecule has 1 aromatic rings. The van der Waals surface area contributed by atoms with E-state index in [-0.39, 0.29) is 11.4 Å². The second-order valence-corrected chi connectivity index (χ2v) is 5.21. The van der Waals surface area contributed by atoms with E-state index in [0.717, 1.165) is 12.2 Å². The average Bonchev–Trinajstić information content (AvgIpc) is 2.36. The maximum atomic E-state index is 8.73. The number of nitrogens with two attached hydrogens (primary N) is 1. The number of amidine groups is 1. The summed E-state index contributed by atoms with van der Waals surface area (Å²) in [5.41, 5.74) is 6.55. The molecule has 0 bridgehead atoms. The number of aromatic nitrogens is 2. The number of morpholine rings is 1. The lowest BCUT2D eigenvalue weighted by molar-refractivity contribution is -0.0281. The number of aryl methyl sites for hydroxylation is 1. The van der Waals surface area contributed by atoms with Gasteiger partial charge in [-0.15, -0.1) is 0 Å². The van der Waals surface area contributed by atoms with Crippen molar-refractivity contribution >= 4 is 11.8 Å². The van der Waals surface area contributed by atoms with Gasteiger partial charge < -0.3 is 20.6 Å². The SMILES string of the molecule is Cc1cc(/C(N)=N/O)nc(N2CCOC(C)(C)C2)n1. The molecule has 0 saturated carbocycles. The van der Waals surface area contributed by atoms with Crippen LogP contribution in [0.25, 0.3) is 0 Å². The molecule has 0 amide bonds. The van der Waals surface area contributed by atoms with Gasteiger partial charge in [0.1, 0.15) is 5.69 Å². The topological polar surface area (TPSA) is 96.9 Å². The maximum absolute atomic E-state index is 8.73. The van der Waals surface area contributed by atoms with Crippen molar-refractivity contribution in [2.24, 2.45) is 10.9 Å². The molecule has 3 N–H and O–H groups in total. The molecule has 2 rings (SSSR count). The normalized spacial score (nSPS) is 19.5. The molecule has 7 nitrogen and oxygen atoms in total. The Morgan fingerprint density at radius 3 is 2.89 bits per heavy atom. The lowest BCUT2D eigenvalue weighted by Crippen LogP contribution is -2.49. The minimum Gasteiger partial charge on any atom is -0.409 e. The first-order chi connectivity index (χ1) is 8.91. The Balaban J connectivity index is 2.32. The molecule has 19 heavy (non-hydrogen) atoms. The molecule has 2 heterocycles. The van der Waals surface area contributed by atoms with Gasteiger partial charge in [-0.25, -0.2) is 9.97 Å².